The molecule has 0 aliphatic carbocycles. The van der Waals surface area contributed by atoms with Gasteiger partial charge in [-0.15, -0.1) is 0 Å². The van der Waals surface area contributed by atoms with E-state index in [1.807, 2.05) is 0 Å². The number of halogens is 3. The van der Waals surface area contributed by atoms with Crippen LogP contribution in [0.5, 0.6) is 0 Å². The quantitative estimate of drug-likeness (QED) is 0.733. The number of aryl methyl sites for hydroxylation is 1. The first-order chi connectivity index (χ1) is 13.1. The average molecular weight is 424 g/mol. The number of anilines is 1. The van der Waals surface area contributed by atoms with Crippen LogP contribution in [0.15, 0.2) is 36.4 Å². The largest absolute Gasteiger partial charge is 0.325 e. The second-order valence-electron chi connectivity index (χ2n) is 6.60. The summed E-state index contributed by atoms with van der Waals surface area (Å²) in [4.78, 5) is 38.2. The fraction of sp³-hybridized carbons (Fsp3) is 0.211. The van der Waals surface area contributed by atoms with E-state index >= 15 is 0 Å². The molecule has 4 amide bonds. The number of carbonyl (C=O) groups excluding carboxylic acids is 3. The minimum absolute atomic E-state index is 0.0360. The van der Waals surface area contributed by atoms with Crippen molar-refractivity contribution in [1.29, 1.82) is 0 Å². The fourth-order valence-corrected chi connectivity index (χ4v) is 3.57. The predicted octanol–water partition coefficient (Wildman–Crippen LogP) is 3.85. The van der Waals surface area contributed by atoms with Crippen molar-refractivity contribution < 1.29 is 18.8 Å². The third-order valence-corrected chi connectivity index (χ3v) is 4.99. The standard InChI is InChI=1S/C19H16Cl2FN3O3/c1-10-3-6-15(14(22)7-10)23-16(26)9-25-17(27)19(2,24-18(25)28)12-5-4-11(20)8-13(12)21/h3-8H,9H2,1-2H3,(H,23,26)(H,24,28). The first-order valence-corrected chi connectivity index (χ1v) is 9.03. The van der Waals surface area contributed by atoms with Crippen molar-refractivity contribution in [3.63, 3.8) is 0 Å². The van der Waals surface area contributed by atoms with Crippen LogP contribution in [0.4, 0.5) is 14.9 Å². The molecule has 0 radical (unpaired) electrons. The normalized spacial score (nSPS) is 19.0. The Bertz CT molecular complexity index is 998. The van der Waals surface area contributed by atoms with Crippen molar-refractivity contribution in [2.24, 2.45) is 0 Å². The van der Waals surface area contributed by atoms with Crippen molar-refractivity contribution in [2.45, 2.75) is 19.4 Å². The molecular weight excluding hydrogens is 408 g/mol. The summed E-state index contributed by atoms with van der Waals surface area (Å²) in [5.41, 5.74) is -0.440. The Hall–Kier alpha value is -2.64. The molecule has 1 fully saturated rings. The maximum Gasteiger partial charge on any atom is 0.325 e. The summed E-state index contributed by atoms with van der Waals surface area (Å²) in [6, 6.07) is 8.09. The van der Waals surface area contributed by atoms with Gasteiger partial charge in [-0.2, -0.15) is 0 Å². The van der Waals surface area contributed by atoms with Crippen LogP contribution in [0.1, 0.15) is 18.1 Å². The van der Waals surface area contributed by atoms with Crippen LogP contribution in [0.2, 0.25) is 10.0 Å². The van der Waals surface area contributed by atoms with E-state index in [1.54, 1.807) is 19.1 Å². The molecule has 0 saturated carbocycles. The minimum atomic E-state index is -1.45. The highest BCUT2D eigenvalue weighted by Gasteiger charge is 2.50. The van der Waals surface area contributed by atoms with Gasteiger partial charge in [0.15, 0.2) is 0 Å². The lowest BCUT2D eigenvalue weighted by Crippen LogP contribution is -2.42. The number of carbonyl (C=O) groups is 3. The fourth-order valence-electron chi connectivity index (χ4n) is 2.97. The zero-order valence-corrected chi connectivity index (χ0v) is 16.5. The molecule has 2 N–H and O–H groups in total. The van der Waals surface area contributed by atoms with E-state index in [-0.39, 0.29) is 10.7 Å². The third-order valence-electron chi connectivity index (χ3n) is 4.45. The van der Waals surface area contributed by atoms with Crippen molar-refractivity contribution in [3.05, 3.63) is 63.4 Å². The van der Waals surface area contributed by atoms with Gasteiger partial charge in [0.05, 0.1) is 5.69 Å². The number of benzene rings is 2. The minimum Gasteiger partial charge on any atom is -0.322 e. The number of hydrogen-bond acceptors (Lipinski definition) is 3. The van der Waals surface area contributed by atoms with Crippen LogP contribution >= 0.6 is 23.2 Å². The molecule has 0 bridgehead atoms. The van der Waals surface area contributed by atoms with Gasteiger partial charge >= 0.3 is 6.03 Å². The molecule has 2 aromatic rings. The van der Waals surface area contributed by atoms with Gasteiger partial charge in [0.2, 0.25) is 5.91 Å². The van der Waals surface area contributed by atoms with Gasteiger partial charge < -0.3 is 10.6 Å². The molecule has 1 unspecified atom stereocenters. The summed E-state index contributed by atoms with van der Waals surface area (Å²) < 4.78 is 13.9. The molecule has 6 nitrogen and oxygen atoms in total. The lowest BCUT2D eigenvalue weighted by Gasteiger charge is -2.23. The van der Waals surface area contributed by atoms with Crippen LogP contribution in [0, 0.1) is 12.7 Å². The molecule has 1 aliphatic rings. The van der Waals surface area contributed by atoms with E-state index in [0.29, 0.717) is 16.1 Å². The Morgan fingerprint density at radius 3 is 2.57 bits per heavy atom. The molecule has 1 atom stereocenters. The Morgan fingerprint density at radius 2 is 1.93 bits per heavy atom. The molecule has 146 valence electrons. The van der Waals surface area contributed by atoms with Gasteiger partial charge in [0, 0.05) is 15.6 Å². The van der Waals surface area contributed by atoms with Crippen LogP contribution in [0.25, 0.3) is 0 Å². The zero-order valence-electron chi connectivity index (χ0n) is 15.0. The summed E-state index contributed by atoms with van der Waals surface area (Å²) in [5.74, 6) is -1.97. The Labute approximate surface area is 170 Å². The zero-order chi connectivity index (χ0) is 20.6. The molecule has 9 heteroatoms. The molecule has 0 spiro atoms. The summed E-state index contributed by atoms with van der Waals surface area (Å²) in [6.07, 6.45) is 0. The first kappa shape index (κ1) is 20.1. The van der Waals surface area contributed by atoms with Gasteiger partial charge in [0.1, 0.15) is 17.9 Å². The molecule has 1 aliphatic heterocycles. The van der Waals surface area contributed by atoms with Crippen molar-refractivity contribution in [1.82, 2.24) is 10.2 Å². The molecular formula is C19H16Cl2FN3O3. The second-order valence-corrected chi connectivity index (χ2v) is 7.45. The van der Waals surface area contributed by atoms with E-state index in [1.165, 1.54) is 31.2 Å². The summed E-state index contributed by atoms with van der Waals surface area (Å²) in [7, 11) is 0. The highest BCUT2D eigenvalue weighted by molar-refractivity contribution is 6.35. The van der Waals surface area contributed by atoms with Gasteiger partial charge in [-0.25, -0.2) is 9.18 Å². The van der Waals surface area contributed by atoms with Gasteiger partial charge in [0.25, 0.3) is 5.91 Å². The number of nitrogens with zero attached hydrogens (tertiary/aromatic N) is 1. The average Bonchev–Trinajstić information content (AvgIpc) is 2.81. The predicted molar refractivity (Wildman–Crippen MR) is 104 cm³/mol. The monoisotopic (exact) mass is 423 g/mol. The van der Waals surface area contributed by atoms with Crippen LogP contribution < -0.4 is 10.6 Å². The maximum absolute atomic E-state index is 13.9. The highest BCUT2D eigenvalue weighted by atomic mass is 35.5. The molecule has 3 rings (SSSR count). The van der Waals surface area contributed by atoms with Crippen molar-refractivity contribution >= 4 is 46.7 Å². The van der Waals surface area contributed by atoms with E-state index in [4.69, 9.17) is 23.2 Å². The van der Waals surface area contributed by atoms with Crippen molar-refractivity contribution in [3.8, 4) is 0 Å². The lowest BCUT2D eigenvalue weighted by molar-refractivity contribution is -0.133. The smallest absolute Gasteiger partial charge is 0.322 e. The summed E-state index contributed by atoms with van der Waals surface area (Å²) in [6.45, 7) is 2.63. The molecule has 2 aromatic carbocycles. The second kappa shape index (κ2) is 7.41. The Morgan fingerprint density at radius 1 is 1.21 bits per heavy atom. The number of urea groups is 1. The number of imide groups is 1. The van der Waals surface area contributed by atoms with Crippen LogP contribution in [-0.2, 0) is 15.1 Å². The highest BCUT2D eigenvalue weighted by Crippen LogP contribution is 2.34. The van der Waals surface area contributed by atoms with Crippen LogP contribution in [0.3, 0.4) is 0 Å². The molecule has 0 aromatic heterocycles. The van der Waals surface area contributed by atoms with E-state index in [2.05, 4.69) is 10.6 Å². The maximum atomic E-state index is 13.9. The number of hydrogen-bond donors (Lipinski definition) is 2. The molecule has 1 heterocycles. The summed E-state index contributed by atoms with van der Waals surface area (Å²) in [5, 5.41) is 5.50. The lowest BCUT2D eigenvalue weighted by atomic mass is 9.92. The van der Waals surface area contributed by atoms with Gasteiger partial charge in [-0.3, -0.25) is 14.5 Å². The molecule has 28 heavy (non-hydrogen) atoms. The van der Waals surface area contributed by atoms with Gasteiger partial charge in [-0.1, -0.05) is 35.3 Å². The Balaban J connectivity index is 1.79. The first-order valence-electron chi connectivity index (χ1n) is 8.27. The third kappa shape index (κ3) is 3.68. The topological polar surface area (TPSA) is 78.5 Å². The summed E-state index contributed by atoms with van der Waals surface area (Å²) >= 11 is 12.1. The van der Waals surface area contributed by atoms with Crippen molar-refractivity contribution in [2.75, 3.05) is 11.9 Å². The van der Waals surface area contributed by atoms with Crippen LogP contribution in [-0.4, -0.2) is 29.3 Å². The SMILES string of the molecule is Cc1ccc(NC(=O)CN2C(=O)NC(C)(c3ccc(Cl)cc3Cl)C2=O)c(F)c1. The van der Waals surface area contributed by atoms with E-state index in [0.717, 1.165) is 4.90 Å². The number of rotatable bonds is 4. The van der Waals surface area contributed by atoms with E-state index in [9.17, 15) is 18.8 Å². The Kier molecular flexibility index (Phi) is 5.32. The number of amides is 4. The van der Waals surface area contributed by atoms with E-state index < -0.39 is 35.7 Å². The van der Waals surface area contributed by atoms with Gasteiger partial charge in [-0.05, 0) is 43.7 Å². The molecule has 1 saturated heterocycles. The number of nitrogens with one attached hydrogen (secondary N) is 2.